The van der Waals surface area contributed by atoms with Gasteiger partial charge in [0.15, 0.2) is 0 Å². The lowest BCUT2D eigenvalue weighted by atomic mass is 10.0. The Morgan fingerprint density at radius 1 is 1.30 bits per heavy atom. The summed E-state index contributed by atoms with van der Waals surface area (Å²) in [4.78, 5) is 14.5. The number of carbonyl (C=O) groups is 1. The van der Waals surface area contributed by atoms with Crippen LogP contribution in [0.3, 0.4) is 0 Å². The van der Waals surface area contributed by atoms with Crippen molar-refractivity contribution in [3.05, 3.63) is 46.8 Å². The minimum absolute atomic E-state index is 0. The molecule has 0 aliphatic rings. The van der Waals surface area contributed by atoms with Crippen molar-refractivity contribution in [2.75, 3.05) is 13.6 Å². The van der Waals surface area contributed by atoms with E-state index < -0.39 is 0 Å². The maximum atomic E-state index is 12.8. The summed E-state index contributed by atoms with van der Waals surface area (Å²) in [6, 6.07) is 7.36. The van der Waals surface area contributed by atoms with Crippen molar-refractivity contribution in [2.45, 2.75) is 46.8 Å². The van der Waals surface area contributed by atoms with Crippen molar-refractivity contribution >= 4 is 18.3 Å². The molecule has 0 saturated heterocycles. The number of nitrogens with zero attached hydrogens (tertiary/aromatic N) is 2. The Labute approximate surface area is 167 Å². The highest BCUT2D eigenvalue weighted by atomic mass is 35.5. The Morgan fingerprint density at radius 3 is 2.56 bits per heavy atom. The van der Waals surface area contributed by atoms with E-state index in [2.05, 4.69) is 19.0 Å². The Bertz CT molecular complexity index is 726. The fourth-order valence-corrected chi connectivity index (χ4v) is 2.61. The third kappa shape index (κ3) is 5.97. The van der Waals surface area contributed by atoms with Gasteiger partial charge in [-0.15, -0.1) is 12.4 Å². The predicted molar refractivity (Wildman–Crippen MR) is 108 cm³/mol. The van der Waals surface area contributed by atoms with E-state index in [1.807, 2.05) is 26.0 Å². The second-order valence-corrected chi connectivity index (χ2v) is 7.01. The van der Waals surface area contributed by atoms with Gasteiger partial charge in [-0.1, -0.05) is 31.1 Å². The Kier molecular flexibility index (Phi) is 8.79. The topological polar surface area (TPSA) is 81.6 Å². The molecule has 1 amide bonds. The number of hydrogen-bond donors (Lipinski definition) is 1. The van der Waals surface area contributed by atoms with E-state index in [4.69, 9.17) is 15.0 Å². The highest BCUT2D eigenvalue weighted by Gasteiger charge is 2.19. The van der Waals surface area contributed by atoms with Crippen LogP contribution in [0.4, 0.5) is 0 Å². The average Bonchev–Trinajstić information content (AvgIpc) is 2.95. The van der Waals surface area contributed by atoms with E-state index in [9.17, 15) is 4.79 Å². The minimum Gasteiger partial charge on any atom is -0.488 e. The molecule has 0 fully saturated rings. The third-order valence-corrected chi connectivity index (χ3v) is 4.67. The number of amides is 1. The summed E-state index contributed by atoms with van der Waals surface area (Å²) in [5.74, 6) is 1.60. The number of aryl methyl sites for hydroxylation is 2. The molecule has 0 bridgehead atoms. The summed E-state index contributed by atoms with van der Waals surface area (Å²) in [6.45, 7) is 8.82. The first-order chi connectivity index (χ1) is 12.3. The number of para-hydroxylation sites is 1. The van der Waals surface area contributed by atoms with Crippen LogP contribution < -0.4 is 10.5 Å². The number of aromatic nitrogens is 1. The zero-order chi connectivity index (χ0) is 19.3. The molecule has 150 valence electrons. The predicted octanol–water partition coefficient (Wildman–Crippen LogP) is 3.74. The second kappa shape index (κ2) is 10.3. The van der Waals surface area contributed by atoms with E-state index in [0.29, 0.717) is 30.4 Å². The van der Waals surface area contributed by atoms with Gasteiger partial charge >= 0.3 is 0 Å². The van der Waals surface area contributed by atoms with Gasteiger partial charge in [0.2, 0.25) is 0 Å². The lowest BCUT2D eigenvalue weighted by Gasteiger charge is -2.22. The molecule has 1 aromatic heterocycles. The Hall–Kier alpha value is -2.05. The molecule has 2 aromatic rings. The largest absolute Gasteiger partial charge is 0.488 e. The summed E-state index contributed by atoms with van der Waals surface area (Å²) in [7, 11) is 1.79. The molecule has 2 N–H and O–H groups in total. The Balaban J connectivity index is 0.00000364. The molecule has 0 saturated carbocycles. The first kappa shape index (κ1) is 23.0. The van der Waals surface area contributed by atoms with Crippen molar-refractivity contribution < 1.29 is 14.1 Å². The van der Waals surface area contributed by atoms with Crippen molar-refractivity contribution in [1.82, 2.24) is 10.1 Å². The van der Waals surface area contributed by atoms with Gasteiger partial charge in [-0.3, -0.25) is 4.79 Å². The van der Waals surface area contributed by atoms with E-state index in [1.54, 1.807) is 24.1 Å². The van der Waals surface area contributed by atoms with Crippen LogP contribution in [0.1, 0.15) is 47.6 Å². The fraction of sp³-hybridized carbons (Fsp3) is 0.500. The summed E-state index contributed by atoms with van der Waals surface area (Å²) in [6.07, 6.45) is 0.766. The van der Waals surface area contributed by atoms with E-state index >= 15 is 0 Å². The number of carbonyl (C=O) groups excluding carboxylic acids is 1. The second-order valence-electron chi connectivity index (χ2n) is 7.01. The van der Waals surface area contributed by atoms with Crippen LogP contribution in [0, 0.1) is 19.8 Å². The normalized spacial score (nSPS) is 11.8. The number of hydrogen-bond acceptors (Lipinski definition) is 5. The highest BCUT2D eigenvalue weighted by molar-refractivity contribution is 5.96. The molecule has 0 radical (unpaired) electrons. The van der Waals surface area contributed by atoms with Crippen LogP contribution in [0.5, 0.6) is 5.75 Å². The monoisotopic (exact) mass is 395 g/mol. The molecule has 1 atom stereocenters. The van der Waals surface area contributed by atoms with Crippen LogP contribution in [0.2, 0.25) is 0 Å². The molecule has 1 unspecified atom stereocenters. The minimum atomic E-state index is -0.0738. The van der Waals surface area contributed by atoms with Crippen molar-refractivity contribution in [3.8, 4) is 5.75 Å². The van der Waals surface area contributed by atoms with Crippen LogP contribution in [0.15, 0.2) is 28.8 Å². The zero-order valence-electron chi connectivity index (χ0n) is 16.7. The van der Waals surface area contributed by atoms with Gasteiger partial charge in [-0.2, -0.15) is 0 Å². The van der Waals surface area contributed by atoms with Crippen LogP contribution in [0.25, 0.3) is 0 Å². The molecule has 1 aromatic carbocycles. The van der Waals surface area contributed by atoms with Gasteiger partial charge in [-0.25, -0.2) is 0 Å². The van der Waals surface area contributed by atoms with Crippen molar-refractivity contribution in [1.29, 1.82) is 0 Å². The van der Waals surface area contributed by atoms with Gasteiger partial charge in [-0.05, 0) is 38.3 Å². The number of nitrogens with two attached hydrogens (primary N) is 1. The molecule has 27 heavy (non-hydrogen) atoms. The lowest BCUT2D eigenvalue weighted by Crippen LogP contribution is -2.34. The van der Waals surface area contributed by atoms with E-state index in [1.165, 1.54) is 0 Å². The molecule has 0 aliphatic heterocycles. The van der Waals surface area contributed by atoms with Crippen LogP contribution in [-0.4, -0.2) is 35.6 Å². The van der Waals surface area contributed by atoms with E-state index in [-0.39, 0.29) is 24.4 Å². The van der Waals surface area contributed by atoms with Gasteiger partial charge in [0.1, 0.15) is 18.1 Å². The molecule has 2 rings (SSSR count). The molecule has 0 aliphatic carbocycles. The number of rotatable bonds is 8. The summed E-state index contributed by atoms with van der Waals surface area (Å²) >= 11 is 0. The smallest absolute Gasteiger partial charge is 0.257 e. The van der Waals surface area contributed by atoms with Gasteiger partial charge in [0.25, 0.3) is 5.91 Å². The molecule has 0 spiro atoms. The number of benzene rings is 1. The maximum Gasteiger partial charge on any atom is 0.257 e. The molecule has 6 nitrogen and oxygen atoms in total. The van der Waals surface area contributed by atoms with Gasteiger partial charge in [0.05, 0.1) is 16.8 Å². The molecular formula is C20H30ClN3O3. The average molecular weight is 396 g/mol. The summed E-state index contributed by atoms with van der Waals surface area (Å²) in [5, 5.41) is 3.93. The molecular weight excluding hydrogens is 366 g/mol. The summed E-state index contributed by atoms with van der Waals surface area (Å²) in [5.41, 5.74) is 8.33. The maximum absolute atomic E-state index is 12.8. The van der Waals surface area contributed by atoms with E-state index in [0.717, 1.165) is 23.4 Å². The lowest BCUT2D eigenvalue weighted by molar-refractivity contribution is 0.0784. The van der Waals surface area contributed by atoms with Gasteiger partial charge < -0.3 is 19.9 Å². The summed E-state index contributed by atoms with van der Waals surface area (Å²) < 4.78 is 11.1. The molecule has 7 heteroatoms. The SMILES string of the molecule is Cc1noc(C)c1COc1ccccc1C(=O)N(C)CCC(N)C(C)C.Cl. The first-order valence-electron chi connectivity index (χ1n) is 8.95. The van der Waals surface area contributed by atoms with Gasteiger partial charge in [0, 0.05) is 19.6 Å². The molecule has 1 heterocycles. The quantitative estimate of drug-likeness (QED) is 0.736. The number of ether oxygens (including phenoxy) is 1. The number of halogens is 1. The fourth-order valence-electron chi connectivity index (χ4n) is 2.61. The van der Waals surface area contributed by atoms with Crippen LogP contribution in [-0.2, 0) is 6.61 Å². The van der Waals surface area contributed by atoms with Crippen molar-refractivity contribution in [3.63, 3.8) is 0 Å². The Morgan fingerprint density at radius 2 is 1.96 bits per heavy atom. The highest BCUT2D eigenvalue weighted by Crippen LogP contribution is 2.23. The first-order valence-corrected chi connectivity index (χ1v) is 8.95. The van der Waals surface area contributed by atoms with Crippen LogP contribution >= 0.6 is 12.4 Å². The third-order valence-electron chi connectivity index (χ3n) is 4.67. The zero-order valence-corrected chi connectivity index (χ0v) is 17.5. The standard InChI is InChI=1S/C20H29N3O3.ClH/c1-13(2)18(21)10-11-23(5)20(24)16-8-6-7-9-19(16)25-12-17-14(3)22-26-15(17)4;/h6-9,13,18H,10-12,21H2,1-5H3;1H. The van der Waals surface area contributed by atoms with Crippen molar-refractivity contribution in [2.24, 2.45) is 11.7 Å².